The van der Waals surface area contributed by atoms with Crippen molar-refractivity contribution in [2.45, 2.75) is 33.3 Å². The van der Waals surface area contributed by atoms with E-state index in [2.05, 4.69) is 0 Å². The van der Waals surface area contributed by atoms with Crippen LogP contribution in [0.15, 0.2) is 24.4 Å². The molecular weight excluding hydrogens is 363 g/mol. The van der Waals surface area contributed by atoms with Crippen LogP contribution in [-0.2, 0) is 9.47 Å². The summed E-state index contributed by atoms with van der Waals surface area (Å²) < 4.78 is 25.5. The van der Waals surface area contributed by atoms with Crippen LogP contribution in [-0.4, -0.2) is 28.7 Å². The summed E-state index contributed by atoms with van der Waals surface area (Å²) in [5.74, 6) is -2.12. The molecule has 0 aliphatic heterocycles. The van der Waals surface area contributed by atoms with Gasteiger partial charge in [0.15, 0.2) is 5.69 Å². The van der Waals surface area contributed by atoms with Gasteiger partial charge < -0.3 is 19.8 Å². The van der Waals surface area contributed by atoms with Gasteiger partial charge in [0, 0.05) is 11.9 Å². The number of carbonyl (C=O) groups excluding carboxylic acids is 2. The molecule has 6 nitrogen and oxygen atoms in total. The molecule has 1 aromatic carbocycles. The number of anilines is 1. The van der Waals surface area contributed by atoms with Crippen molar-refractivity contribution in [3.05, 3.63) is 46.5 Å². The topological polar surface area (TPSA) is 83.5 Å². The number of nitrogen functional groups attached to an aromatic ring is 1. The Morgan fingerprint density at radius 1 is 1.27 bits per heavy atom. The van der Waals surface area contributed by atoms with Crippen molar-refractivity contribution in [2.75, 3.05) is 12.3 Å². The highest BCUT2D eigenvalue weighted by molar-refractivity contribution is 6.30. The van der Waals surface area contributed by atoms with E-state index < -0.39 is 23.4 Å². The molecular formula is C18H20ClFN2O4. The second kappa shape index (κ2) is 7.37. The summed E-state index contributed by atoms with van der Waals surface area (Å²) in [6.07, 6.45) is 1.31. The van der Waals surface area contributed by atoms with E-state index in [-0.39, 0.29) is 34.3 Å². The van der Waals surface area contributed by atoms with E-state index in [9.17, 15) is 14.0 Å². The number of hydrogen-bond donors (Lipinski definition) is 1. The van der Waals surface area contributed by atoms with Gasteiger partial charge in [-0.1, -0.05) is 11.6 Å². The Labute approximate surface area is 155 Å². The van der Waals surface area contributed by atoms with Gasteiger partial charge in [-0.15, -0.1) is 0 Å². The Bertz CT molecular complexity index is 856. The summed E-state index contributed by atoms with van der Waals surface area (Å²) in [4.78, 5) is 24.8. The van der Waals surface area contributed by atoms with Gasteiger partial charge in [-0.05, 0) is 45.9 Å². The summed E-state index contributed by atoms with van der Waals surface area (Å²) >= 11 is 5.71. The van der Waals surface area contributed by atoms with Crippen LogP contribution in [0, 0.1) is 5.82 Å². The molecule has 0 bridgehead atoms. The first-order chi connectivity index (χ1) is 12.0. The molecule has 1 aromatic heterocycles. The van der Waals surface area contributed by atoms with Crippen molar-refractivity contribution < 1.29 is 23.5 Å². The lowest BCUT2D eigenvalue weighted by Gasteiger charge is -2.20. The molecule has 0 aliphatic rings. The molecule has 26 heavy (non-hydrogen) atoms. The van der Waals surface area contributed by atoms with Crippen LogP contribution in [0.4, 0.5) is 10.1 Å². The van der Waals surface area contributed by atoms with Gasteiger partial charge in [-0.2, -0.15) is 0 Å². The van der Waals surface area contributed by atoms with Crippen molar-refractivity contribution in [1.82, 2.24) is 4.57 Å². The third-order valence-electron chi connectivity index (χ3n) is 3.31. The summed E-state index contributed by atoms with van der Waals surface area (Å²) in [7, 11) is 0. The Kier molecular flexibility index (Phi) is 5.61. The quantitative estimate of drug-likeness (QED) is 0.808. The van der Waals surface area contributed by atoms with Crippen LogP contribution in [0.3, 0.4) is 0 Å². The lowest BCUT2D eigenvalue weighted by molar-refractivity contribution is 0.00618. The molecule has 1 heterocycles. The fourth-order valence-corrected chi connectivity index (χ4v) is 2.38. The summed E-state index contributed by atoms with van der Waals surface area (Å²) in [6, 6.07) is 3.96. The third kappa shape index (κ3) is 4.16. The smallest absolute Gasteiger partial charge is 0.358 e. The van der Waals surface area contributed by atoms with E-state index in [1.807, 2.05) is 0 Å². The van der Waals surface area contributed by atoms with Crippen molar-refractivity contribution in [3.63, 3.8) is 0 Å². The van der Waals surface area contributed by atoms with E-state index in [4.69, 9.17) is 26.8 Å². The number of ether oxygens (including phenoxy) is 2. The number of nitrogens with two attached hydrogens (primary N) is 1. The molecule has 0 saturated carbocycles. The monoisotopic (exact) mass is 382 g/mol. The predicted octanol–water partition coefficient (Wildman–Crippen LogP) is 3.98. The molecule has 8 heteroatoms. The van der Waals surface area contributed by atoms with E-state index >= 15 is 0 Å². The molecule has 0 amide bonds. The number of rotatable bonds is 4. The zero-order valence-corrected chi connectivity index (χ0v) is 15.7. The molecule has 2 rings (SSSR count). The minimum absolute atomic E-state index is 0.0110. The van der Waals surface area contributed by atoms with Crippen LogP contribution >= 0.6 is 11.6 Å². The summed E-state index contributed by atoms with van der Waals surface area (Å²) in [6.45, 7) is 6.88. The number of benzene rings is 1. The molecule has 0 radical (unpaired) electrons. The Morgan fingerprint density at radius 2 is 1.92 bits per heavy atom. The molecule has 0 saturated heterocycles. The highest BCUT2D eigenvalue weighted by atomic mass is 35.5. The maximum Gasteiger partial charge on any atom is 0.358 e. The van der Waals surface area contributed by atoms with Crippen molar-refractivity contribution >= 4 is 29.2 Å². The molecule has 0 spiro atoms. The van der Waals surface area contributed by atoms with Crippen LogP contribution in [0.2, 0.25) is 5.02 Å². The van der Waals surface area contributed by atoms with Gasteiger partial charge >= 0.3 is 11.9 Å². The average molecular weight is 383 g/mol. The van der Waals surface area contributed by atoms with Crippen molar-refractivity contribution in [1.29, 1.82) is 0 Å². The molecule has 2 aromatic rings. The van der Waals surface area contributed by atoms with Crippen LogP contribution in [0.1, 0.15) is 48.5 Å². The van der Waals surface area contributed by atoms with Gasteiger partial charge in [0.1, 0.15) is 17.0 Å². The normalized spacial score (nSPS) is 11.3. The lowest BCUT2D eigenvalue weighted by atomic mass is 10.2. The van der Waals surface area contributed by atoms with Gasteiger partial charge in [0.05, 0.1) is 17.3 Å². The molecule has 2 N–H and O–H groups in total. The van der Waals surface area contributed by atoms with E-state index in [0.717, 1.165) is 6.07 Å². The molecule has 140 valence electrons. The zero-order valence-electron chi connectivity index (χ0n) is 14.9. The van der Waals surface area contributed by atoms with Crippen LogP contribution in [0.5, 0.6) is 0 Å². The second-order valence-electron chi connectivity index (χ2n) is 6.50. The second-order valence-corrected chi connectivity index (χ2v) is 6.90. The Morgan fingerprint density at radius 3 is 2.46 bits per heavy atom. The van der Waals surface area contributed by atoms with Crippen molar-refractivity contribution in [2.24, 2.45) is 0 Å². The summed E-state index contributed by atoms with van der Waals surface area (Å²) in [5, 5.41) is -0.0710. The number of hydrogen-bond acceptors (Lipinski definition) is 5. The largest absolute Gasteiger partial charge is 0.462 e. The highest BCUT2D eigenvalue weighted by Gasteiger charge is 2.29. The fourth-order valence-electron chi connectivity index (χ4n) is 2.27. The van der Waals surface area contributed by atoms with Crippen LogP contribution in [0.25, 0.3) is 5.69 Å². The standard InChI is InChI=1S/C18H20ClFN2O4/c1-5-25-16(23)11-9-22(10-6-7-12(19)13(20)8-10)15(14(11)21)17(24)26-18(2,3)4/h6-9H,5,21H2,1-4H3. The van der Waals surface area contributed by atoms with Gasteiger partial charge in [0.25, 0.3) is 0 Å². The zero-order chi connectivity index (χ0) is 19.6. The average Bonchev–Trinajstić information content (AvgIpc) is 2.86. The number of halogens is 2. The number of carbonyl (C=O) groups is 2. The first-order valence-corrected chi connectivity index (χ1v) is 8.29. The SMILES string of the molecule is CCOC(=O)c1cn(-c2ccc(Cl)c(F)c2)c(C(=O)OC(C)(C)C)c1N. The Hall–Kier alpha value is -2.54. The first-order valence-electron chi connectivity index (χ1n) is 7.92. The van der Waals surface area contributed by atoms with E-state index in [1.165, 1.54) is 22.9 Å². The number of esters is 2. The molecule has 0 atom stereocenters. The number of nitrogens with zero attached hydrogens (tertiary/aromatic N) is 1. The Balaban J connectivity index is 2.64. The first kappa shape index (κ1) is 19.8. The molecule has 0 fully saturated rings. The fraction of sp³-hybridized carbons (Fsp3) is 0.333. The van der Waals surface area contributed by atoms with Gasteiger partial charge in [0.2, 0.25) is 0 Å². The highest BCUT2D eigenvalue weighted by Crippen LogP contribution is 2.28. The molecule has 0 unspecified atom stereocenters. The number of aromatic nitrogens is 1. The lowest BCUT2D eigenvalue weighted by Crippen LogP contribution is -2.26. The predicted molar refractivity (Wildman–Crippen MR) is 96.3 cm³/mol. The maximum absolute atomic E-state index is 13.9. The minimum Gasteiger partial charge on any atom is -0.462 e. The molecule has 0 aliphatic carbocycles. The summed E-state index contributed by atoms with van der Waals surface area (Å²) in [5.41, 5.74) is 5.29. The van der Waals surface area contributed by atoms with Crippen molar-refractivity contribution in [3.8, 4) is 5.69 Å². The maximum atomic E-state index is 13.9. The van der Waals surface area contributed by atoms with E-state index in [1.54, 1.807) is 27.7 Å². The van der Waals surface area contributed by atoms with E-state index in [0.29, 0.717) is 0 Å². The van der Waals surface area contributed by atoms with Crippen LogP contribution < -0.4 is 5.73 Å². The van der Waals surface area contributed by atoms with Gasteiger partial charge in [-0.3, -0.25) is 0 Å². The minimum atomic E-state index is -0.784. The van der Waals surface area contributed by atoms with Gasteiger partial charge in [-0.25, -0.2) is 14.0 Å². The third-order valence-corrected chi connectivity index (χ3v) is 3.62.